The van der Waals surface area contributed by atoms with Gasteiger partial charge >= 0.3 is 0 Å². The molecule has 0 fully saturated rings. The van der Waals surface area contributed by atoms with Gasteiger partial charge in [0.1, 0.15) is 11.5 Å². The topological polar surface area (TPSA) is 42.2 Å². The number of rotatable bonds is 5. The highest BCUT2D eigenvalue weighted by atomic mass is 32.2. The lowest BCUT2D eigenvalue weighted by atomic mass is 10.3. The number of aryl methyl sites for hydroxylation is 1. The highest BCUT2D eigenvalue weighted by molar-refractivity contribution is 7.99. The molecule has 0 spiro atoms. The minimum absolute atomic E-state index is 0.322. The molecular formula is C15H13F2NO2S. The largest absolute Gasteiger partial charge is 0.462 e. The van der Waals surface area contributed by atoms with Crippen LogP contribution in [0.3, 0.4) is 0 Å². The number of para-hydroxylation sites is 1. The van der Waals surface area contributed by atoms with E-state index in [0.29, 0.717) is 28.1 Å². The molecule has 0 saturated carbocycles. The molecule has 2 rings (SSSR count). The van der Waals surface area contributed by atoms with Crippen molar-refractivity contribution in [3.8, 4) is 0 Å². The highest BCUT2D eigenvalue weighted by Gasteiger charge is 2.10. The predicted octanol–water partition coefficient (Wildman–Crippen LogP) is 4.55. The average molecular weight is 309 g/mol. The van der Waals surface area contributed by atoms with Crippen molar-refractivity contribution in [3.05, 3.63) is 54.0 Å². The van der Waals surface area contributed by atoms with Crippen LogP contribution < -0.4 is 5.32 Å². The Balaban J connectivity index is 2.04. The molecule has 3 nitrogen and oxygen atoms in total. The number of benzene rings is 1. The van der Waals surface area contributed by atoms with Crippen molar-refractivity contribution < 1.29 is 18.0 Å². The molecule has 0 aliphatic heterocycles. The van der Waals surface area contributed by atoms with Crippen LogP contribution in [0.4, 0.5) is 14.5 Å². The van der Waals surface area contributed by atoms with Gasteiger partial charge in [0, 0.05) is 11.0 Å². The van der Waals surface area contributed by atoms with Gasteiger partial charge < -0.3 is 9.73 Å². The van der Waals surface area contributed by atoms with E-state index in [1.54, 1.807) is 37.3 Å². The Labute approximate surface area is 125 Å². The Morgan fingerprint density at radius 1 is 1.29 bits per heavy atom. The van der Waals surface area contributed by atoms with Crippen LogP contribution in [0, 0.1) is 6.92 Å². The molecule has 1 amide bonds. The number of carbonyl (C=O) groups excluding carboxylic acids is 1. The van der Waals surface area contributed by atoms with E-state index in [1.165, 1.54) is 18.2 Å². The fourth-order valence-corrected chi connectivity index (χ4v) is 2.24. The summed E-state index contributed by atoms with van der Waals surface area (Å²) in [4.78, 5) is 12.1. The van der Waals surface area contributed by atoms with E-state index < -0.39 is 11.7 Å². The third kappa shape index (κ3) is 4.75. The lowest BCUT2D eigenvalue weighted by Crippen LogP contribution is -2.08. The van der Waals surface area contributed by atoms with Gasteiger partial charge in [-0.3, -0.25) is 4.79 Å². The van der Waals surface area contributed by atoms with E-state index in [1.807, 2.05) is 0 Å². The van der Waals surface area contributed by atoms with Gasteiger partial charge in [0.15, 0.2) is 0 Å². The fraction of sp³-hybridized carbons (Fsp3) is 0.133. The molecule has 0 bridgehead atoms. The predicted molar refractivity (Wildman–Crippen MR) is 79.4 cm³/mol. The number of hydrogen-bond acceptors (Lipinski definition) is 3. The number of furan rings is 1. The van der Waals surface area contributed by atoms with Crippen LogP contribution in [0.15, 0.2) is 51.8 Å². The number of halogens is 2. The summed E-state index contributed by atoms with van der Waals surface area (Å²) >= 11 is 0.394. The zero-order chi connectivity index (χ0) is 15.2. The third-order valence-corrected chi connectivity index (χ3v) is 3.31. The second-order valence-electron chi connectivity index (χ2n) is 4.15. The second-order valence-corrected chi connectivity index (χ2v) is 5.18. The minimum atomic E-state index is -2.54. The van der Waals surface area contributed by atoms with Crippen molar-refractivity contribution in [1.29, 1.82) is 0 Å². The monoisotopic (exact) mass is 309 g/mol. The van der Waals surface area contributed by atoms with E-state index in [0.717, 1.165) is 5.76 Å². The average Bonchev–Trinajstić information content (AvgIpc) is 2.84. The number of nitrogens with one attached hydrogen (secondary N) is 1. The number of thioether (sulfide) groups is 1. The van der Waals surface area contributed by atoms with Crippen LogP contribution >= 0.6 is 11.8 Å². The molecule has 0 saturated heterocycles. The molecule has 1 aromatic carbocycles. The third-order valence-electron chi connectivity index (χ3n) is 2.52. The molecule has 0 radical (unpaired) electrons. The van der Waals surface area contributed by atoms with Gasteiger partial charge in [0.05, 0.1) is 5.69 Å². The zero-order valence-corrected chi connectivity index (χ0v) is 12.0. The summed E-state index contributed by atoms with van der Waals surface area (Å²) in [5, 5.41) is 2.57. The van der Waals surface area contributed by atoms with Gasteiger partial charge in [-0.25, -0.2) is 0 Å². The van der Waals surface area contributed by atoms with E-state index in [-0.39, 0.29) is 0 Å². The first-order valence-electron chi connectivity index (χ1n) is 6.14. The van der Waals surface area contributed by atoms with Gasteiger partial charge in [0.2, 0.25) is 5.91 Å². The van der Waals surface area contributed by atoms with Crippen LogP contribution in [-0.4, -0.2) is 11.7 Å². The van der Waals surface area contributed by atoms with Crippen LogP contribution in [-0.2, 0) is 4.79 Å². The smallest absolute Gasteiger partial charge is 0.288 e. The minimum Gasteiger partial charge on any atom is -0.462 e. The molecule has 21 heavy (non-hydrogen) atoms. The van der Waals surface area contributed by atoms with E-state index in [2.05, 4.69) is 5.32 Å². The van der Waals surface area contributed by atoms with Crippen molar-refractivity contribution in [2.45, 2.75) is 17.6 Å². The number of amides is 1. The standard InChI is InChI=1S/C15H13F2NO2S/c1-10-6-7-11(20-10)8-9-14(19)18-12-4-2-3-5-13(12)21-15(16)17/h2-9,15H,1H3,(H,18,19). The maximum atomic E-state index is 12.4. The molecule has 0 atom stereocenters. The molecule has 0 aliphatic carbocycles. The normalized spacial score (nSPS) is 11.2. The van der Waals surface area contributed by atoms with Crippen molar-refractivity contribution in [1.82, 2.24) is 0 Å². The first-order chi connectivity index (χ1) is 10.0. The fourth-order valence-electron chi connectivity index (χ4n) is 1.64. The molecular weight excluding hydrogens is 296 g/mol. The summed E-state index contributed by atoms with van der Waals surface area (Å²) in [5.41, 5.74) is 0.355. The number of hydrogen-bond donors (Lipinski definition) is 1. The van der Waals surface area contributed by atoms with Gasteiger partial charge in [-0.1, -0.05) is 23.9 Å². The van der Waals surface area contributed by atoms with Crippen molar-refractivity contribution in [2.75, 3.05) is 5.32 Å². The Kier molecular flexibility index (Phi) is 5.16. The van der Waals surface area contributed by atoms with Crippen LogP contribution in [0.2, 0.25) is 0 Å². The van der Waals surface area contributed by atoms with Crippen LogP contribution in [0.1, 0.15) is 11.5 Å². The van der Waals surface area contributed by atoms with Crippen molar-refractivity contribution in [3.63, 3.8) is 0 Å². The maximum absolute atomic E-state index is 12.4. The summed E-state index contributed by atoms with van der Waals surface area (Å²) in [7, 11) is 0. The molecule has 110 valence electrons. The van der Waals surface area contributed by atoms with Crippen molar-refractivity contribution in [2.24, 2.45) is 0 Å². The molecule has 2 aromatic rings. The Morgan fingerprint density at radius 3 is 2.71 bits per heavy atom. The lowest BCUT2D eigenvalue weighted by Gasteiger charge is -2.08. The summed E-state index contributed by atoms with van der Waals surface area (Å²) in [6.45, 7) is 1.80. The number of carbonyl (C=O) groups is 1. The molecule has 0 aliphatic rings. The van der Waals surface area contributed by atoms with Gasteiger partial charge in [-0.2, -0.15) is 8.78 Å². The quantitative estimate of drug-likeness (QED) is 0.650. The first kappa shape index (κ1) is 15.3. The summed E-state index contributed by atoms with van der Waals surface area (Å²) in [6.07, 6.45) is 2.81. The van der Waals surface area contributed by atoms with Gasteiger partial charge in [-0.15, -0.1) is 0 Å². The molecule has 1 heterocycles. The van der Waals surface area contributed by atoms with Crippen LogP contribution in [0.5, 0.6) is 0 Å². The van der Waals surface area contributed by atoms with Crippen LogP contribution in [0.25, 0.3) is 6.08 Å². The van der Waals surface area contributed by atoms with E-state index in [9.17, 15) is 13.6 Å². The SMILES string of the molecule is Cc1ccc(C=CC(=O)Nc2ccccc2SC(F)F)o1. The molecule has 6 heteroatoms. The summed E-state index contributed by atoms with van der Waals surface area (Å²) < 4.78 is 30.2. The van der Waals surface area contributed by atoms with Crippen molar-refractivity contribution >= 4 is 29.4 Å². The Bertz CT molecular complexity index is 653. The first-order valence-corrected chi connectivity index (χ1v) is 7.02. The summed E-state index contributed by atoms with van der Waals surface area (Å²) in [5.74, 6) is -1.65. The zero-order valence-electron chi connectivity index (χ0n) is 11.2. The second kappa shape index (κ2) is 7.08. The molecule has 1 aromatic heterocycles. The van der Waals surface area contributed by atoms with E-state index in [4.69, 9.17) is 4.42 Å². The van der Waals surface area contributed by atoms with Gasteiger partial charge in [-0.05, 0) is 37.3 Å². The maximum Gasteiger partial charge on any atom is 0.288 e. The Hall–Kier alpha value is -2.08. The molecule has 1 N–H and O–H groups in total. The lowest BCUT2D eigenvalue weighted by molar-refractivity contribution is -0.111. The highest BCUT2D eigenvalue weighted by Crippen LogP contribution is 2.31. The number of anilines is 1. The number of alkyl halides is 2. The summed E-state index contributed by atoms with van der Waals surface area (Å²) in [6, 6.07) is 9.94. The Morgan fingerprint density at radius 2 is 2.05 bits per heavy atom. The molecule has 0 unspecified atom stereocenters. The van der Waals surface area contributed by atoms with E-state index >= 15 is 0 Å². The van der Waals surface area contributed by atoms with Gasteiger partial charge in [0.25, 0.3) is 5.76 Å².